The molecule has 0 unspecified atom stereocenters. The molecule has 0 saturated heterocycles. The number of amides is 1. The van der Waals surface area contributed by atoms with Crippen LogP contribution in [-0.2, 0) is 11.2 Å². The molecular weight excluding hydrogens is 360 g/mol. The minimum atomic E-state index is -0.295. The summed E-state index contributed by atoms with van der Waals surface area (Å²) in [6, 6.07) is 9.01. The van der Waals surface area contributed by atoms with Crippen LogP contribution in [0.4, 0.5) is 5.13 Å². The van der Waals surface area contributed by atoms with Crippen LogP contribution < -0.4 is 10.1 Å². The fourth-order valence-electron chi connectivity index (χ4n) is 2.06. The van der Waals surface area contributed by atoms with E-state index in [9.17, 15) is 4.79 Å². The SMILES string of the molecule is CCc1cc(OCC(=O)Nc2nccs2)nc(-c2cccc(Cl)c2)n1. The summed E-state index contributed by atoms with van der Waals surface area (Å²) in [5.41, 5.74) is 1.61. The van der Waals surface area contributed by atoms with Crippen LogP contribution in [-0.4, -0.2) is 27.5 Å². The van der Waals surface area contributed by atoms with Gasteiger partial charge in [-0.25, -0.2) is 9.97 Å². The van der Waals surface area contributed by atoms with Gasteiger partial charge in [0.25, 0.3) is 5.91 Å². The van der Waals surface area contributed by atoms with Gasteiger partial charge >= 0.3 is 0 Å². The number of benzene rings is 1. The molecule has 0 aliphatic heterocycles. The second-order valence-corrected chi connectivity index (χ2v) is 6.39. The van der Waals surface area contributed by atoms with Crippen LogP contribution in [0.25, 0.3) is 11.4 Å². The van der Waals surface area contributed by atoms with E-state index in [0.29, 0.717) is 21.9 Å². The molecule has 0 aliphatic rings. The Balaban J connectivity index is 1.74. The molecule has 2 aromatic heterocycles. The van der Waals surface area contributed by atoms with Crippen molar-refractivity contribution >= 4 is 34.0 Å². The highest BCUT2D eigenvalue weighted by molar-refractivity contribution is 7.13. The van der Waals surface area contributed by atoms with E-state index < -0.39 is 0 Å². The molecule has 0 atom stereocenters. The van der Waals surface area contributed by atoms with Crippen molar-refractivity contribution in [1.29, 1.82) is 0 Å². The van der Waals surface area contributed by atoms with E-state index in [1.807, 2.05) is 19.1 Å². The number of anilines is 1. The van der Waals surface area contributed by atoms with Crippen LogP contribution in [0.5, 0.6) is 5.88 Å². The van der Waals surface area contributed by atoms with Gasteiger partial charge in [0.05, 0.1) is 0 Å². The minimum Gasteiger partial charge on any atom is -0.467 e. The number of thiazole rings is 1. The van der Waals surface area contributed by atoms with Crippen LogP contribution in [0.15, 0.2) is 41.9 Å². The Morgan fingerprint density at radius 3 is 2.92 bits per heavy atom. The number of halogens is 1. The summed E-state index contributed by atoms with van der Waals surface area (Å²) in [6.07, 6.45) is 2.34. The van der Waals surface area contributed by atoms with Crippen LogP contribution in [0.2, 0.25) is 5.02 Å². The quantitative estimate of drug-likeness (QED) is 0.709. The summed E-state index contributed by atoms with van der Waals surface area (Å²) < 4.78 is 5.53. The number of carbonyl (C=O) groups is 1. The average molecular weight is 375 g/mol. The monoisotopic (exact) mass is 374 g/mol. The molecule has 0 saturated carbocycles. The normalized spacial score (nSPS) is 10.5. The van der Waals surface area contributed by atoms with Crippen LogP contribution in [0, 0.1) is 0 Å². The highest BCUT2D eigenvalue weighted by Crippen LogP contribution is 2.22. The summed E-state index contributed by atoms with van der Waals surface area (Å²) in [5, 5.41) is 5.58. The fraction of sp³-hybridized carbons (Fsp3) is 0.176. The Morgan fingerprint density at radius 2 is 2.20 bits per heavy atom. The summed E-state index contributed by atoms with van der Waals surface area (Å²) in [6.45, 7) is 1.83. The van der Waals surface area contributed by atoms with E-state index in [-0.39, 0.29) is 12.5 Å². The van der Waals surface area contributed by atoms with Gasteiger partial charge in [0.1, 0.15) is 0 Å². The first-order valence-electron chi connectivity index (χ1n) is 7.60. The van der Waals surface area contributed by atoms with Crippen molar-refractivity contribution in [3.8, 4) is 17.3 Å². The Bertz CT molecular complexity index is 871. The van der Waals surface area contributed by atoms with E-state index >= 15 is 0 Å². The standard InChI is InChI=1S/C17H15ClN4O2S/c1-2-13-9-15(24-10-14(23)21-17-19-6-7-25-17)22-16(20-13)11-4-3-5-12(18)8-11/h3-9H,2,10H2,1H3,(H,19,21,23). The topological polar surface area (TPSA) is 77.0 Å². The molecule has 1 aromatic carbocycles. The van der Waals surface area contributed by atoms with Crippen molar-refractivity contribution < 1.29 is 9.53 Å². The Morgan fingerprint density at radius 1 is 1.32 bits per heavy atom. The number of carbonyl (C=O) groups excluding carboxylic acids is 1. The lowest BCUT2D eigenvalue weighted by atomic mass is 10.2. The zero-order valence-corrected chi connectivity index (χ0v) is 15.0. The van der Waals surface area contributed by atoms with Gasteiger partial charge in [-0.1, -0.05) is 30.7 Å². The van der Waals surface area contributed by atoms with Crippen molar-refractivity contribution in [1.82, 2.24) is 15.0 Å². The third kappa shape index (κ3) is 4.74. The van der Waals surface area contributed by atoms with Gasteiger partial charge < -0.3 is 4.74 Å². The smallest absolute Gasteiger partial charge is 0.264 e. The van der Waals surface area contributed by atoms with Crippen LogP contribution in [0.3, 0.4) is 0 Å². The lowest BCUT2D eigenvalue weighted by molar-refractivity contribution is -0.118. The second kappa shape index (κ2) is 8.04. The van der Waals surface area contributed by atoms with Gasteiger partial charge in [-0.15, -0.1) is 11.3 Å². The molecule has 25 heavy (non-hydrogen) atoms. The first-order chi connectivity index (χ1) is 12.1. The average Bonchev–Trinajstić information content (AvgIpc) is 3.12. The first-order valence-corrected chi connectivity index (χ1v) is 8.86. The number of aromatic nitrogens is 3. The van der Waals surface area contributed by atoms with Crippen LogP contribution in [0.1, 0.15) is 12.6 Å². The van der Waals surface area contributed by atoms with E-state index in [4.69, 9.17) is 16.3 Å². The number of rotatable bonds is 6. The first kappa shape index (κ1) is 17.3. The molecular formula is C17H15ClN4O2S. The van der Waals surface area contributed by atoms with Crippen molar-refractivity contribution in [3.05, 3.63) is 52.6 Å². The lowest BCUT2D eigenvalue weighted by Gasteiger charge is -2.09. The Kier molecular flexibility index (Phi) is 5.57. The van der Waals surface area contributed by atoms with Gasteiger partial charge in [-0.05, 0) is 18.6 Å². The van der Waals surface area contributed by atoms with E-state index in [1.54, 1.807) is 29.8 Å². The zero-order valence-electron chi connectivity index (χ0n) is 13.4. The lowest BCUT2D eigenvalue weighted by Crippen LogP contribution is -2.20. The summed E-state index contributed by atoms with van der Waals surface area (Å²) in [7, 11) is 0. The molecule has 8 heteroatoms. The predicted octanol–water partition coefficient (Wildman–Crippen LogP) is 3.83. The minimum absolute atomic E-state index is 0.158. The third-order valence-electron chi connectivity index (χ3n) is 3.23. The van der Waals surface area contributed by atoms with Crippen LogP contribution >= 0.6 is 22.9 Å². The molecule has 3 aromatic rings. The Hall–Kier alpha value is -2.51. The van der Waals surface area contributed by atoms with Crippen molar-refractivity contribution in [2.24, 2.45) is 0 Å². The molecule has 0 radical (unpaired) electrons. The molecule has 0 bridgehead atoms. The summed E-state index contributed by atoms with van der Waals surface area (Å²) in [4.78, 5) is 24.8. The molecule has 128 valence electrons. The molecule has 0 fully saturated rings. The van der Waals surface area contributed by atoms with Gasteiger partial charge in [0.2, 0.25) is 5.88 Å². The Labute approximate surface area is 153 Å². The number of aryl methyl sites for hydroxylation is 1. The molecule has 6 nitrogen and oxygen atoms in total. The molecule has 3 rings (SSSR count). The highest BCUT2D eigenvalue weighted by atomic mass is 35.5. The molecule has 0 spiro atoms. The predicted molar refractivity (Wildman–Crippen MR) is 98.1 cm³/mol. The van der Waals surface area contributed by atoms with Gasteiger partial charge in [0.15, 0.2) is 17.6 Å². The zero-order chi connectivity index (χ0) is 17.6. The molecule has 0 aliphatic carbocycles. The summed E-state index contributed by atoms with van der Waals surface area (Å²) >= 11 is 7.38. The van der Waals surface area contributed by atoms with Crippen molar-refractivity contribution in [3.63, 3.8) is 0 Å². The maximum atomic E-state index is 11.9. The van der Waals surface area contributed by atoms with Gasteiger partial charge in [0, 0.05) is 33.9 Å². The largest absolute Gasteiger partial charge is 0.467 e. The summed E-state index contributed by atoms with van der Waals surface area (Å²) in [5.74, 6) is 0.559. The van der Waals surface area contributed by atoms with E-state index in [1.165, 1.54) is 11.3 Å². The van der Waals surface area contributed by atoms with Crippen molar-refractivity contribution in [2.75, 3.05) is 11.9 Å². The molecule has 2 heterocycles. The third-order valence-corrected chi connectivity index (χ3v) is 4.15. The number of ether oxygens (including phenoxy) is 1. The number of nitrogens with zero attached hydrogens (tertiary/aromatic N) is 3. The van der Waals surface area contributed by atoms with Gasteiger partial charge in [-0.2, -0.15) is 4.98 Å². The van der Waals surface area contributed by atoms with E-state index in [0.717, 1.165) is 17.7 Å². The number of nitrogens with one attached hydrogen (secondary N) is 1. The maximum Gasteiger partial charge on any atom is 0.264 e. The second-order valence-electron chi connectivity index (χ2n) is 5.06. The fourth-order valence-corrected chi connectivity index (χ4v) is 2.80. The van der Waals surface area contributed by atoms with E-state index in [2.05, 4.69) is 20.3 Å². The molecule has 1 amide bonds. The number of hydrogen-bond donors (Lipinski definition) is 1. The number of hydrogen-bond acceptors (Lipinski definition) is 6. The van der Waals surface area contributed by atoms with Crippen molar-refractivity contribution in [2.45, 2.75) is 13.3 Å². The van der Waals surface area contributed by atoms with Gasteiger partial charge in [-0.3, -0.25) is 10.1 Å². The maximum absolute atomic E-state index is 11.9. The highest BCUT2D eigenvalue weighted by Gasteiger charge is 2.10. The molecule has 1 N–H and O–H groups in total.